The molecule has 0 N–H and O–H groups in total. The van der Waals surface area contributed by atoms with Crippen molar-refractivity contribution in [1.29, 1.82) is 5.26 Å². The summed E-state index contributed by atoms with van der Waals surface area (Å²) in [4.78, 5) is 26.4. The molecule has 25 heavy (non-hydrogen) atoms. The van der Waals surface area contributed by atoms with Gasteiger partial charge in [0.15, 0.2) is 0 Å². The molecular formula is C15H9F2N5O3. The summed E-state index contributed by atoms with van der Waals surface area (Å²) < 4.78 is 28.3. The number of nitriles is 1. The molecule has 0 aliphatic carbocycles. The summed E-state index contributed by atoms with van der Waals surface area (Å²) in [5.41, 5.74) is -1.28. The Morgan fingerprint density at radius 3 is 2.72 bits per heavy atom. The maximum Gasteiger partial charge on any atom is 0.320 e. The van der Waals surface area contributed by atoms with Gasteiger partial charge in [0.1, 0.15) is 17.5 Å². The zero-order chi connectivity index (χ0) is 18.1. The van der Waals surface area contributed by atoms with Crippen LogP contribution in [0.4, 0.5) is 14.5 Å². The SMILES string of the molecule is N#Cc1cc([N+](=O)[O-])cn(Cc2nc3ccccc3n2C(F)F)c1=O. The largest absolute Gasteiger partial charge is 0.320 e. The molecule has 1 aromatic carbocycles. The van der Waals surface area contributed by atoms with Crippen LogP contribution in [-0.4, -0.2) is 19.0 Å². The lowest BCUT2D eigenvalue weighted by atomic mass is 10.2. The Morgan fingerprint density at radius 1 is 1.36 bits per heavy atom. The molecular weight excluding hydrogens is 336 g/mol. The van der Waals surface area contributed by atoms with Crippen LogP contribution in [0.15, 0.2) is 41.3 Å². The van der Waals surface area contributed by atoms with E-state index in [1.54, 1.807) is 18.2 Å². The van der Waals surface area contributed by atoms with E-state index in [0.717, 1.165) is 16.8 Å². The maximum absolute atomic E-state index is 13.4. The van der Waals surface area contributed by atoms with Gasteiger partial charge in [-0.15, -0.1) is 0 Å². The predicted molar refractivity (Wildman–Crippen MR) is 82.2 cm³/mol. The lowest BCUT2D eigenvalue weighted by Gasteiger charge is -2.09. The zero-order valence-corrected chi connectivity index (χ0v) is 12.5. The number of fused-ring (bicyclic) bond motifs is 1. The van der Waals surface area contributed by atoms with E-state index in [1.165, 1.54) is 12.1 Å². The molecule has 3 aromatic rings. The van der Waals surface area contributed by atoms with Crippen LogP contribution in [0, 0.1) is 21.4 Å². The topological polar surface area (TPSA) is 107 Å². The molecule has 0 fully saturated rings. The quantitative estimate of drug-likeness (QED) is 0.533. The summed E-state index contributed by atoms with van der Waals surface area (Å²) in [5, 5.41) is 19.9. The van der Waals surface area contributed by atoms with Crippen molar-refractivity contribution in [2.75, 3.05) is 0 Å². The van der Waals surface area contributed by atoms with Gasteiger partial charge in [-0.2, -0.15) is 14.0 Å². The predicted octanol–water partition coefficient (Wildman–Crippen LogP) is 2.42. The Balaban J connectivity index is 2.18. The van der Waals surface area contributed by atoms with Crippen LogP contribution >= 0.6 is 0 Å². The van der Waals surface area contributed by atoms with Crippen LogP contribution in [0.25, 0.3) is 11.0 Å². The number of nitrogens with zero attached hydrogens (tertiary/aromatic N) is 5. The van der Waals surface area contributed by atoms with Gasteiger partial charge in [0.2, 0.25) is 0 Å². The van der Waals surface area contributed by atoms with E-state index in [2.05, 4.69) is 4.98 Å². The summed E-state index contributed by atoms with van der Waals surface area (Å²) in [6, 6.07) is 8.60. The van der Waals surface area contributed by atoms with Crippen LogP contribution in [0.3, 0.4) is 0 Å². The Kier molecular flexibility index (Phi) is 3.98. The fraction of sp³-hybridized carbons (Fsp3) is 0.133. The molecule has 0 saturated heterocycles. The molecule has 0 aliphatic rings. The van der Waals surface area contributed by atoms with Gasteiger partial charge in [-0.1, -0.05) is 12.1 Å². The molecule has 0 unspecified atom stereocenters. The van der Waals surface area contributed by atoms with E-state index in [9.17, 15) is 23.7 Å². The van der Waals surface area contributed by atoms with Crippen molar-refractivity contribution >= 4 is 16.7 Å². The summed E-state index contributed by atoms with van der Waals surface area (Å²) in [5.74, 6) is -0.150. The van der Waals surface area contributed by atoms with Gasteiger partial charge in [-0.3, -0.25) is 19.5 Å². The molecule has 2 aromatic heterocycles. The summed E-state index contributed by atoms with van der Waals surface area (Å²) in [6.07, 6.45) is 0.901. The lowest BCUT2D eigenvalue weighted by Crippen LogP contribution is -2.24. The second-order valence-corrected chi connectivity index (χ2v) is 5.08. The number of rotatable bonds is 4. The Labute approximate surface area is 138 Å². The van der Waals surface area contributed by atoms with Crippen molar-refractivity contribution < 1.29 is 13.7 Å². The second-order valence-electron chi connectivity index (χ2n) is 5.08. The zero-order valence-electron chi connectivity index (χ0n) is 12.5. The number of nitro groups is 1. The van der Waals surface area contributed by atoms with E-state index >= 15 is 0 Å². The monoisotopic (exact) mass is 345 g/mol. The molecule has 0 aliphatic heterocycles. The minimum atomic E-state index is -2.91. The second kappa shape index (κ2) is 6.12. The van der Waals surface area contributed by atoms with Gasteiger partial charge in [0, 0.05) is 6.07 Å². The number of para-hydroxylation sites is 2. The number of imidazole rings is 1. The first-order chi connectivity index (χ1) is 11.9. The maximum atomic E-state index is 13.4. The first kappa shape index (κ1) is 16.3. The number of alkyl halides is 2. The average molecular weight is 345 g/mol. The van der Waals surface area contributed by atoms with Crippen LogP contribution in [0.5, 0.6) is 0 Å². The number of hydrogen-bond donors (Lipinski definition) is 0. The summed E-state index contributed by atoms with van der Waals surface area (Å²) in [6.45, 7) is -3.35. The van der Waals surface area contributed by atoms with Gasteiger partial charge in [0.05, 0.1) is 28.7 Å². The van der Waals surface area contributed by atoms with E-state index < -0.39 is 34.8 Å². The van der Waals surface area contributed by atoms with Crippen molar-refractivity contribution in [3.63, 3.8) is 0 Å². The molecule has 0 amide bonds. The van der Waals surface area contributed by atoms with Crippen LogP contribution in [-0.2, 0) is 6.54 Å². The van der Waals surface area contributed by atoms with Crippen molar-refractivity contribution in [3.05, 3.63) is 68.4 Å². The third kappa shape index (κ3) is 2.83. The van der Waals surface area contributed by atoms with E-state index in [4.69, 9.17) is 5.26 Å². The first-order valence-electron chi connectivity index (χ1n) is 6.95. The number of pyridine rings is 1. The standard InChI is InChI=1S/C15H9F2N5O3/c16-15(17)21-12-4-2-1-3-11(12)19-13(21)8-20-7-10(22(24)25)5-9(6-18)14(20)23/h1-5,7,15H,8H2. The highest BCUT2D eigenvalue weighted by atomic mass is 19.3. The van der Waals surface area contributed by atoms with Crippen LogP contribution < -0.4 is 5.56 Å². The van der Waals surface area contributed by atoms with E-state index in [1.807, 2.05) is 0 Å². The van der Waals surface area contributed by atoms with Gasteiger partial charge in [-0.25, -0.2) is 4.98 Å². The van der Waals surface area contributed by atoms with Crippen molar-refractivity contribution in [2.24, 2.45) is 0 Å². The molecule has 0 atom stereocenters. The Bertz CT molecular complexity index is 1080. The summed E-state index contributed by atoms with van der Waals surface area (Å²) >= 11 is 0. The third-order valence-corrected chi connectivity index (χ3v) is 3.58. The molecule has 10 heteroatoms. The van der Waals surface area contributed by atoms with Gasteiger partial charge >= 0.3 is 6.55 Å². The molecule has 126 valence electrons. The normalized spacial score (nSPS) is 11.0. The first-order valence-corrected chi connectivity index (χ1v) is 6.95. The molecule has 8 nitrogen and oxygen atoms in total. The lowest BCUT2D eigenvalue weighted by molar-refractivity contribution is -0.385. The van der Waals surface area contributed by atoms with Crippen molar-refractivity contribution in [2.45, 2.75) is 13.1 Å². The fourth-order valence-corrected chi connectivity index (χ4v) is 2.49. The molecule has 0 saturated carbocycles. The molecule has 0 bridgehead atoms. The van der Waals surface area contributed by atoms with Crippen molar-refractivity contribution in [3.8, 4) is 6.07 Å². The minimum Gasteiger partial charge on any atom is -0.300 e. The minimum absolute atomic E-state index is 0.150. The van der Waals surface area contributed by atoms with Crippen molar-refractivity contribution in [1.82, 2.24) is 14.1 Å². The Morgan fingerprint density at radius 2 is 2.08 bits per heavy atom. The Hall–Kier alpha value is -3.61. The van der Waals surface area contributed by atoms with E-state index in [0.29, 0.717) is 10.1 Å². The van der Waals surface area contributed by atoms with Gasteiger partial charge in [-0.05, 0) is 12.1 Å². The third-order valence-electron chi connectivity index (χ3n) is 3.58. The number of hydrogen-bond acceptors (Lipinski definition) is 5. The number of aromatic nitrogens is 3. The molecule has 2 heterocycles. The smallest absolute Gasteiger partial charge is 0.300 e. The highest BCUT2D eigenvalue weighted by Gasteiger charge is 2.20. The highest BCUT2D eigenvalue weighted by molar-refractivity contribution is 5.76. The molecule has 0 spiro atoms. The number of benzene rings is 1. The average Bonchev–Trinajstić information content (AvgIpc) is 2.94. The van der Waals surface area contributed by atoms with Crippen LogP contribution in [0.2, 0.25) is 0 Å². The van der Waals surface area contributed by atoms with Crippen LogP contribution in [0.1, 0.15) is 17.9 Å². The fourth-order valence-electron chi connectivity index (χ4n) is 2.49. The van der Waals surface area contributed by atoms with Gasteiger partial charge < -0.3 is 4.57 Å². The highest BCUT2D eigenvalue weighted by Crippen LogP contribution is 2.23. The molecule has 3 rings (SSSR count). The molecule has 0 radical (unpaired) electrons. The number of halogens is 2. The summed E-state index contributed by atoms with van der Waals surface area (Å²) in [7, 11) is 0. The van der Waals surface area contributed by atoms with Gasteiger partial charge in [0.25, 0.3) is 11.2 Å². The van der Waals surface area contributed by atoms with E-state index in [-0.39, 0.29) is 11.3 Å².